The summed E-state index contributed by atoms with van der Waals surface area (Å²) in [5, 5.41) is 12.9. The van der Waals surface area contributed by atoms with Crippen LogP contribution in [0, 0.1) is 34.5 Å². The van der Waals surface area contributed by atoms with E-state index in [-0.39, 0.29) is 23.5 Å². The van der Waals surface area contributed by atoms with Crippen molar-refractivity contribution < 1.29 is 23.2 Å². The van der Waals surface area contributed by atoms with Crippen molar-refractivity contribution in [3.8, 4) is 11.8 Å². The molecule has 4 aliphatic carbocycles. The number of oxime groups is 1. The molecule has 0 aromatic heterocycles. The van der Waals surface area contributed by atoms with Crippen molar-refractivity contribution in [1.82, 2.24) is 0 Å². The smallest absolute Gasteiger partial charge is 0.411 e. The van der Waals surface area contributed by atoms with Crippen molar-refractivity contribution in [2.45, 2.75) is 83.7 Å². The van der Waals surface area contributed by atoms with Crippen LogP contribution in [0.15, 0.2) is 52.2 Å². The molecular weight excluding hydrogens is 513 g/mol. The monoisotopic (exact) mass is 550 g/mol. The summed E-state index contributed by atoms with van der Waals surface area (Å²) < 4.78 is 40.2. The summed E-state index contributed by atoms with van der Waals surface area (Å²) in [5.74, 6) is 4.12. The number of carbonyl (C=O) groups excluding carboxylic acids is 1. The number of Topliss-reactive ketones (excluding diaryl/α,β-unsaturated/α-hetero) is 1. The molecule has 3 fully saturated rings. The van der Waals surface area contributed by atoms with Gasteiger partial charge in [0.2, 0.25) is 0 Å². The van der Waals surface area contributed by atoms with E-state index in [0.717, 1.165) is 37.9 Å². The van der Waals surface area contributed by atoms with E-state index in [1.807, 2.05) is 13.0 Å². The number of allylic oxidation sites excluding steroid dienone is 4. The van der Waals surface area contributed by atoms with Crippen molar-refractivity contribution in [1.29, 1.82) is 0 Å². The number of fused-ring (bicyclic) bond motifs is 4. The van der Waals surface area contributed by atoms with Crippen LogP contribution in [0.3, 0.4) is 0 Å². The van der Waals surface area contributed by atoms with Gasteiger partial charge in [-0.1, -0.05) is 35.7 Å². The lowest BCUT2D eigenvalue weighted by Crippen LogP contribution is -2.50. The maximum Gasteiger partial charge on any atom is 0.457 e. The van der Waals surface area contributed by atoms with Crippen LogP contribution < -0.4 is 4.90 Å². The van der Waals surface area contributed by atoms with Gasteiger partial charge in [0.25, 0.3) is 0 Å². The molecule has 7 heteroatoms. The van der Waals surface area contributed by atoms with Gasteiger partial charge in [-0.05, 0) is 117 Å². The molecule has 2 saturated carbocycles. The molecule has 1 heterocycles. The highest BCUT2D eigenvalue weighted by atomic mass is 19.4. The second-order valence-corrected chi connectivity index (χ2v) is 12.7. The molecule has 1 aliphatic heterocycles. The first-order valence-corrected chi connectivity index (χ1v) is 14.7. The quantitative estimate of drug-likeness (QED) is 0.240. The van der Waals surface area contributed by atoms with E-state index >= 15 is 0 Å². The van der Waals surface area contributed by atoms with Gasteiger partial charge in [0.15, 0.2) is 0 Å². The lowest BCUT2D eigenvalue weighted by Gasteiger charge is -2.54. The van der Waals surface area contributed by atoms with Gasteiger partial charge in [0, 0.05) is 30.6 Å². The Balaban J connectivity index is 1.49. The lowest BCUT2D eigenvalue weighted by molar-refractivity contribution is -0.130. The third kappa shape index (κ3) is 4.30. The molecule has 1 saturated heterocycles. The molecule has 212 valence electrons. The Bertz CT molecular complexity index is 1360. The van der Waals surface area contributed by atoms with Gasteiger partial charge in [-0.2, -0.15) is 13.2 Å². The number of halogens is 3. The van der Waals surface area contributed by atoms with Crippen LogP contribution in [0.4, 0.5) is 18.9 Å². The summed E-state index contributed by atoms with van der Waals surface area (Å²) in [6.07, 6.45) is 4.64. The third-order valence-corrected chi connectivity index (χ3v) is 10.9. The molecule has 5 aliphatic rings. The van der Waals surface area contributed by atoms with Crippen LogP contribution in [0.25, 0.3) is 0 Å². The first kappa shape index (κ1) is 27.2. The number of rotatable bonds is 3. The highest BCUT2D eigenvalue weighted by molar-refractivity contribution is 5.97. The zero-order valence-corrected chi connectivity index (χ0v) is 23.3. The molecule has 0 amide bonds. The Labute approximate surface area is 234 Å². The summed E-state index contributed by atoms with van der Waals surface area (Å²) >= 11 is 0. The van der Waals surface area contributed by atoms with E-state index < -0.39 is 17.0 Å². The summed E-state index contributed by atoms with van der Waals surface area (Å²) in [4.78, 5) is 15.7. The highest BCUT2D eigenvalue weighted by Crippen LogP contribution is 2.69. The van der Waals surface area contributed by atoms with Crippen molar-refractivity contribution >= 4 is 17.2 Å². The zero-order valence-electron chi connectivity index (χ0n) is 23.3. The van der Waals surface area contributed by atoms with Gasteiger partial charge in [0.1, 0.15) is 5.78 Å². The minimum atomic E-state index is -4.64. The minimum absolute atomic E-state index is 0.00490. The van der Waals surface area contributed by atoms with Crippen LogP contribution in [0.5, 0.6) is 0 Å². The molecule has 0 spiro atoms. The molecule has 1 N–H and O–H groups in total. The number of anilines is 1. The standard InChI is InChI=1S/C33H37F3N2O2/c1-21(39)32(15-16-33(34,35)36)14-13-29-27-11-7-23-19-24(37-40)8-12-26(23)30(27)28(20-31(29,32)2)22-5-9-25(10-6-22)38-17-3-4-18-38/h5-6,9-10,19,27-29,40H,3-4,7-8,11-14,17-18,20H2,1-2H3/t27-,28+,29-,31-,32-/m0/s1. The third-order valence-electron chi connectivity index (χ3n) is 10.9. The van der Waals surface area contributed by atoms with Crippen LogP contribution in [-0.2, 0) is 4.79 Å². The Morgan fingerprint density at radius 1 is 1.10 bits per heavy atom. The maximum atomic E-state index is 13.4. The van der Waals surface area contributed by atoms with Crippen LogP contribution in [-0.4, -0.2) is 36.0 Å². The van der Waals surface area contributed by atoms with Crippen molar-refractivity contribution in [3.05, 3.63) is 52.6 Å². The van der Waals surface area contributed by atoms with Gasteiger partial charge >= 0.3 is 6.18 Å². The number of benzene rings is 1. The maximum absolute atomic E-state index is 13.4. The van der Waals surface area contributed by atoms with Gasteiger partial charge in [-0.25, -0.2) is 0 Å². The normalized spacial score (nSPS) is 34.5. The fraction of sp³-hybridized carbons (Fsp3) is 0.576. The van der Waals surface area contributed by atoms with Crippen LogP contribution >= 0.6 is 0 Å². The van der Waals surface area contributed by atoms with Crippen molar-refractivity contribution in [2.75, 3.05) is 18.0 Å². The first-order valence-electron chi connectivity index (χ1n) is 14.7. The minimum Gasteiger partial charge on any atom is -0.411 e. The molecule has 0 bridgehead atoms. The Kier molecular flexibility index (Phi) is 6.67. The average Bonchev–Trinajstić information content (AvgIpc) is 3.57. The van der Waals surface area contributed by atoms with E-state index in [0.29, 0.717) is 31.4 Å². The lowest BCUT2D eigenvalue weighted by atomic mass is 9.48. The number of hydrogen-bond donors (Lipinski definition) is 1. The van der Waals surface area contributed by atoms with Crippen molar-refractivity contribution in [2.24, 2.45) is 27.8 Å². The molecule has 1 aromatic rings. The fourth-order valence-electron chi connectivity index (χ4n) is 9.02. The average molecular weight is 551 g/mol. The molecule has 5 atom stereocenters. The largest absolute Gasteiger partial charge is 0.457 e. The van der Waals surface area contributed by atoms with Gasteiger partial charge in [-0.15, -0.1) is 0 Å². The number of nitrogens with zero attached hydrogens (tertiary/aromatic N) is 2. The SMILES string of the molecule is CC(=O)[C@@]1(C#CC(F)(F)F)CC[C@H]2[C@@H]3CCC4=CC(=NO)CCC4=C3[C@@H](c3ccc(N4CCCC4)cc3)C[C@@]21C. The molecule has 0 radical (unpaired) electrons. The molecule has 0 unspecified atom stereocenters. The summed E-state index contributed by atoms with van der Waals surface area (Å²) in [6, 6.07) is 8.75. The molecular formula is C33H37F3N2O2. The summed E-state index contributed by atoms with van der Waals surface area (Å²) in [5.41, 5.74) is 5.04. The first-order chi connectivity index (χ1) is 19.1. The van der Waals surface area contributed by atoms with E-state index in [1.165, 1.54) is 48.1 Å². The second-order valence-electron chi connectivity index (χ2n) is 12.7. The number of alkyl halides is 3. The molecule has 6 rings (SSSR count). The van der Waals surface area contributed by atoms with E-state index in [4.69, 9.17) is 0 Å². The summed E-state index contributed by atoms with van der Waals surface area (Å²) in [7, 11) is 0. The Morgan fingerprint density at radius 3 is 2.48 bits per heavy atom. The number of hydrogen-bond acceptors (Lipinski definition) is 4. The number of ketones is 1. The van der Waals surface area contributed by atoms with Gasteiger partial charge in [0.05, 0.1) is 11.1 Å². The van der Waals surface area contributed by atoms with Crippen LogP contribution in [0.2, 0.25) is 0 Å². The number of carbonyl (C=O) groups is 1. The van der Waals surface area contributed by atoms with Gasteiger partial charge < -0.3 is 10.1 Å². The van der Waals surface area contributed by atoms with E-state index in [2.05, 4.69) is 40.2 Å². The fourth-order valence-corrected chi connectivity index (χ4v) is 9.02. The van der Waals surface area contributed by atoms with Crippen LogP contribution in [0.1, 0.15) is 83.1 Å². The molecule has 4 nitrogen and oxygen atoms in total. The Hall–Kier alpha value is -3.01. The predicted octanol–water partition coefficient (Wildman–Crippen LogP) is 7.59. The second kappa shape index (κ2) is 9.82. The van der Waals surface area contributed by atoms with E-state index in [1.54, 1.807) is 0 Å². The van der Waals surface area contributed by atoms with Crippen molar-refractivity contribution in [3.63, 3.8) is 0 Å². The zero-order chi connectivity index (χ0) is 28.3. The van der Waals surface area contributed by atoms with E-state index in [9.17, 15) is 23.2 Å². The Morgan fingerprint density at radius 2 is 1.82 bits per heavy atom. The predicted molar refractivity (Wildman–Crippen MR) is 149 cm³/mol. The molecule has 1 aromatic carbocycles. The molecule has 40 heavy (non-hydrogen) atoms. The van der Waals surface area contributed by atoms with Gasteiger partial charge in [-0.3, -0.25) is 4.79 Å². The summed E-state index contributed by atoms with van der Waals surface area (Å²) in [6.45, 7) is 5.60. The topological polar surface area (TPSA) is 52.9 Å². The highest BCUT2D eigenvalue weighted by Gasteiger charge is 2.65.